The van der Waals surface area contributed by atoms with Crippen molar-refractivity contribution in [3.63, 3.8) is 0 Å². The molecule has 1 amide bonds. The molecule has 0 spiro atoms. The van der Waals surface area contributed by atoms with E-state index in [0.29, 0.717) is 28.1 Å². The number of ether oxygens (including phenoxy) is 2. The maximum absolute atomic E-state index is 12.9. The first-order valence-corrected chi connectivity index (χ1v) is 10.0. The quantitative estimate of drug-likeness (QED) is 0.653. The van der Waals surface area contributed by atoms with E-state index in [0.717, 1.165) is 23.2 Å². The molecule has 0 aliphatic carbocycles. The van der Waals surface area contributed by atoms with Crippen molar-refractivity contribution in [3.8, 4) is 11.5 Å². The minimum Gasteiger partial charge on any atom is -0.497 e. The van der Waals surface area contributed by atoms with Gasteiger partial charge in [0.15, 0.2) is 5.17 Å². The summed E-state index contributed by atoms with van der Waals surface area (Å²) >= 11 is 1.38. The summed E-state index contributed by atoms with van der Waals surface area (Å²) in [6.45, 7) is 4.62. The van der Waals surface area contributed by atoms with Gasteiger partial charge in [-0.05, 0) is 61.0 Å². The van der Waals surface area contributed by atoms with Crippen LogP contribution in [0, 0.1) is 0 Å². The molecule has 0 saturated carbocycles. The largest absolute Gasteiger partial charge is 0.497 e. The standard InChI is InChI=1S/C22H24N2O3S/c1-5-15-9-7-8-10-18(15)23-22-24(6-2)21(25)20(28-22)14-16-13-17(26-3)11-12-19(16)27-4/h7-14H,5-6H2,1-4H3/b20-14-,23-22?. The summed E-state index contributed by atoms with van der Waals surface area (Å²) in [5.41, 5.74) is 2.86. The van der Waals surface area contributed by atoms with Gasteiger partial charge in [0, 0.05) is 12.1 Å². The van der Waals surface area contributed by atoms with Crippen LogP contribution in [0.25, 0.3) is 6.08 Å². The Hall–Kier alpha value is -2.73. The smallest absolute Gasteiger partial charge is 0.266 e. The van der Waals surface area contributed by atoms with Crippen LogP contribution in [0.4, 0.5) is 5.69 Å². The fraction of sp³-hybridized carbons (Fsp3) is 0.273. The Morgan fingerprint density at radius 3 is 2.57 bits per heavy atom. The number of thioether (sulfide) groups is 1. The number of aryl methyl sites for hydroxylation is 1. The van der Waals surface area contributed by atoms with Gasteiger partial charge >= 0.3 is 0 Å². The lowest BCUT2D eigenvalue weighted by Crippen LogP contribution is -2.28. The maximum Gasteiger partial charge on any atom is 0.266 e. The van der Waals surface area contributed by atoms with Gasteiger partial charge in [0.2, 0.25) is 0 Å². The zero-order chi connectivity index (χ0) is 20.1. The number of carbonyl (C=O) groups is 1. The lowest BCUT2D eigenvalue weighted by molar-refractivity contribution is -0.122. The van der Waals surface area contributed by atoms with E-state index in [9.17, 15) is 4.79 Å². The molecular formula is C22H24N2O3S. The van der Waals surface area contributed by atoms with E-state index in [1.165, 1.54) is 11.8 Å². The third-order valence-electron chi connectivity index (χ3n) is 4.52. The second-order valence-corrected chi connectivity index (χ2v) is 7.15. The summed E-state index contributed by atoms with van der Waals surface area (Å²) in [7, 11) is 3.23. The molecule has 1 aliphatic heterocycles. The summed E-state index contributed by atoms with van der Waals surface area (Å²) in [5, 5.41) is 0.696. The highest BCUT2D eigenvalue weighted by Gasteiger charge is 2.32. The monoisotopic (exact) mass is 396 g/mol. The SMILES string of the molecule is CCc1ccccc1N=C1S/C(=C\c2cc(OC)ccc2OC)C(=O)N1CC. The predicted molar refractivity (Wildman–Crippen MR) is 115 cm³/mol. The van der Waals surface area contributed by atoms with Crippen LogP contribution in [0.15, 0.2) is 52.4 Å². The number of carbonyl (C=O) groups excluding carboxylic acids is 1. The summed E-state index contributed by atoms with van der Waals surface area (Å²) in [6, 6.07) is 13.5. The zero-order valence-electron chi connectivity index (χ0n) is 16.6. The van der Waals surface area contributed by atoms with Crippen LogP contribution in [0.3, 0.4) is 0 Å². The van der Waals surface area contributed by atoms with Crippen LogP contribution in [0.2, 0.25) is 0 Å². The van der Waals surface area contributed by atoms with Crippen molar-refractivity contribution in [1.29, 1.82) is 0 Å². The molecule has 1 aliphatic rings. The van der Waals surface area contributed by atoms with Gasteiger partial charge in [-0.25, -0.2) is 4.99 Å². The summed E-state index contributed by atoms with van der Waals surface area (Å²) in [6.07, 6.45) is 2.73. The van der Waals surface area contributed by atoms with E-state index < -0.39 is 0 Å². The Labute approximate surface area is 170 Å². The minimum atomic E-state index is -0.0508. The third-order valence-corrected chi connectivity index (χ3v) is 5.52. The van der Waals surface area contributed by atoms with Crippen molar-refractivity contribution >= 4 is 34.6 Å². The van der Waals surface area contributed by atoms with E-state index in [1.54, 1.807) is 19.1 Å². The first-order valence-electron chi connectivity index (χ1n) is 9.21. The van der Waals surface area contributed by atoms with Gasteiger partial charge in [0.25, 0.3) is 5.91 Å². The van der Waals surface area contributed by atoms with Gasteiger partial charge < -0.3 is 9.47 Å². The Morgan fingerprint density at radius 1 is 1.11 bits per heavy atom. The van der Waals surface area contributed by atoms with Crippen molar-refractivity contribution in [2.45, 2.75) is 20.3 Å². The number of hydrogen-bond donors (Lipinski definition) is 0. The third kappa shape index (κ3) is 4.07. The second-order valence-electron chi connectivity index (χ2n) is 6.14. The first-order chi connectivity index (χ1) is 13.6. The summed E-state index contributed by atoms with van der Waals surface area (Å²) < 4.78 is 10.7. The van der Waals surface area contributed by atoms with E-state index >= 15 is 0 Å². The zero-order valence-corrected chi connectivity index (χ0v) is 17.4. The highest BCUT2D eigenvalue weighted by molar-refractivity contribution is 8.18. The van der Waals surface area contributed by atoms with Gasteiger partial charge in [-0.3, -0.25) is 9.69 Å². The van der Waals surface area contributed by atoms with E-state index in [-0.39, 0.29) is 5.91 Å². The van der Waals surface area contributed by atoms with Crippen LogP contribution >= 0.6 is 11.8 Å². The first kappa shape index (κ1) is 20.0. The number of amides is 1. The number of hydrogen-bond acceptors (Lipinski definition) is 5. The Kier molecular flexibility index (Phi) is 6.41. The average molecular weight is 397 g/mol. The average Bonchev–Trinajstić information content (AvgIpc) is 3.02. The number of likely N-dealkylation sites (N-methyl/N-ethyl adjacent to an activating group) is 1. The number of amidine groups is 1. The van der Waals surface area contributed by atoms with Gasteiger partial charge in [-0.2, -0.15) is 0 Å². The van der Waals surface area contributed by atoms with Crippen LogP contribution in [-0.4, -0.2) is 36.7 Å². The molecule has 28 heavy (non-hydrogen) atoms. The molecule has 0 radical (unpaired) electrons. The maximum atomic E-state index is 12.9. The van der Waals surface area contributed by atoms with Gasteiger partial charge in [0.1, 0.15) is 11.5 Å². The molecular weight excluding hydrogens is 372 g/mol. The Morgan fingerprint density at radius 2 is 1.89 bits per heavy atom. The highest BCUT2D eigenvalue weighted by Crippen LogP contribution is 2.36. The van der Waals surface area contributed by atoms with Crippen LogP contribution < -0.4 is 9.47 Å². The van der Waals surface area contributed by atoms with Gasteiger partial charge in [0.05, 0.1) is 24.8 Å². The fourth-order valence-corrected chi connectivity index (χ4v) is 4.03. The molecule has 146 valence electrons. The van der Waals surface area contributed by atoms with Gasteiger partial charge in [-0.15, -0.1) is 0 Å². The summed E-state index contributed by atoms with van der Waals surface area (Å²) in [4.78, 5) is 20.0. The van der Waals surface area contributed by atoms with Crippen molar-refractivity contribution in [3.05, 3.63) is 58.5 Å². The van der Waals surface area contributed by atoms with Gasteiger partial charge in [-0.1, -0.05) is 25.1 Å². The van der Waals surface area contributed by atoms with Crippen LogP contribution in [-0.2, 0) is 11.2 Å². The fourth-order valence-electron chi connectivity index (χ4n) is 2.99. The molecule has 6 heteroatoms. The number of methoxy groups -OCH3 is 2. The molecule has 2 aromatic rings. The number of rotatable bonds is 6. The number of benzene rings is 2. The number of para-hydroxylation sites is 1. The Bertz CT molecular complexity index is 937. The molecule has 1 fully saturated rings. The molecule has 0 bridgehead atoms. The molecule has 1 heterocycles. The summed E-state index contributed by atoms with van der Waals surface area (Å²) in [5.74, 6) is 1.35. The highest BCUT2D eigenvalue weighted by atomic mass is 32.2. The predicted octanol–water partition coefficient (Wildman–Crippen LogP) is 4.89. The molecule has 0 aromatic heterocycles. The van der Waals surface area contributed by atoms with E-state index in [2.05, 4.69) is 13.0 Å². The van der Waals surface area contributed by atoms with Crippen molar-refractivity contribution in [2.75, 3.05) is 20.8 Å². The molecule has 5 nitrogen and oxygen atoms in total. The molecule has 3 rings (SSSR count). The molecule has 0 N–H and O–H groups in total. The number of aliphatic imine (C=N–C) groups is 1. The lowest BCUT2D eigenvalue weighted by atomic mass is 10.1. The molecule has 2 aromatic carbocycles. The normalized spacial score (nSPS) is 16.9. The van der Waals surface area contributed by atoms with E-state index in [4.69, 9.17) is 14.5 Å². The van der Waals surface area contributed by atoms with E-state index in [1.807, 2.05) is 49.4 Å². The van der Waals surface area contributed by atoms with Crippen LogP contribution in [0.5, 0.6) is 11.5 Å². The van der Waals surface area contributed by atoms with Crippen molar-refractivity contribution < 1.29 is 14.3 Å². The van der Waals surface area contributed by atoms with Crippen molar-refractivity contribution in [2.24, 2.45) is 4.99 Å². The topological polar surface area (TPSA) is 51.1 Å². The molecule has 1 saturated heterocycles. The lowest BCUT2D eigenvalue weighted by Gasteiger charge is -2.13. The Balaban J connectivity index is 2.00. The minimum absolute atomic E-state index is 0.0508. The van der Waals surface area contributed by atoms with Crippen LogP contribution in [0.1, 0.15) is 25.0 Å². The molecule has 0 unspecified atom stereocenters. The second kappa shape index (κ2) is 8.97. The van der Waals surface area contributed by atoms with Crippen molar-refractivity contribution in [1.82, 2.24) is 4.90 Å². The molecule has 0 atom stereocenters. The number of nitrogens with zero attached hydrogens (tertiary/aromatic N) is 2.